The molecule has 0 radical (unpaired) electrons. The van der Waals surface area contributed by atoms with E-state index in [0.717, 1.165) is 24.2 Å². The van der Waals surface area contributed by atoms with Gasteiger partial charge in [-0.3, -0.25) is 0 Å². The van der Waals surface area contributed by atoms with Gasteiger partial charge in [-0.2, -0.15) is 4.80 Å². The second-order valence-corrected chi connectivity index (χ2v) is 5.98. The van der Waals surface area contributed by atoms with E-state index in [-0.39, 0.29) is 12.4 Å². The molecule has 3 aromatic rings. The molecule has 0 amide bonds. The summed E-state index contributed by atoms with van der Waals surface area (Å²) < 4.78 is 19.5. The second-order valence-electron chi connectivity index (χ2n) is 5.57. The zero-order valence-corrected chi connectivity index (χ0v) is 14.6. The van der Waals surface area contributed by atoms with Gasteiger partial charge in [0.25, 0.3) is 0 Å². The van der Waals surface area contributed by atoms with E-state index in [2.05, 4.69) is 22.3 Å². The highest BCUT2D eigenvalue weighted by Crippen LogP contribution is 2.21. The van der Waals surface area contributed by atoms with Gasteiger partial charge in [0.1, 0.15) is 11.6 Å². The normalized spacial score (nSPS) is 10.8. The van der Waals surface area contributed by atoms with Gasteiger partial charge < -0.3 is 4.74 Å². The summed E-state index contributed by atoms with van der Waals surface area (Å²) in [5.41, 5.74) is 1.15. The molecule has 0 saturated carbocycles. The van der Waals surface area contributed by atoms with E-state index in [4.69, 9.17) is 16.3 Å². The van der Waals surface area contributed by atoms with Crippen LogP contribution in [-0.4, -0.2) is 26.8 Å². The van der Waals surface area contributed by atoms with Gasteiger partial charge in [0.05, 0.1) is 13.2 Å². The van der Waals surface area contributed by atoms with Crippen LogP contribution in [-0.2, 0) is 6.54 Å². The molecule has 25 heavy (non-hydrogen) atoms. The van der Waals surface area contributed by atoms with Crippen molar-refractivity contribution in [2.45, 2.75) is 26.3 Å². The molecule has 3 rings (SSSR count). The molecule has 0 atom stereocenters. The number of hydrogen-bond donors (Lipinski definition) is 0. The third kappa shape index (κ3) is 4.33. The summed E-state index contributed by atoms with van der Waals surface area (Å²) in [6.07, 6.45) is 2.12. The predicted molar refractivity (Wildman–Crippen MR) is 94.2 cm³/mol. The minimum absolute atomic E-state index is 0.122. The van der Waals surface area contributed by atoms with Gasteiger partial charge in [-0.05, 0) is 48.0 Å². The van der Waals surface area contributed by atoms with Crippen LogP contribution in [0, 0.1) is 5.82 Å². The van der Waals surface area contributed by atoms with E-state index in [1.807, 2.05) is 24.3 Å². The van der Waals surface area contributed by atoms with Crippen molar-refractivity contribution in [2.75, 3.05) is 6.61 Å². The molecule has 0 spiro atoms. The summed E-state index contributed by atoms with van der Waals surface area (Å²) in [5.74, 6) is 0.884. The molecule has 1 heterocycles. The largest absolute Gasteiger partial charge is 0.494 e. The van der Waals surface area contributed by atoms with Crippen molar-refractivity contribution in [3.05, 3.63) is 58.9 Å². The van der Waals surface area contributed by atoms with Gasteiger partial charge >= 0.3 is 0 Å². The Balaban J connectivity index is 1.71. The van der Waals surface area contributed by atoms with E-state index in [1.54, 1.807) is 12.1 Å². The van der Waals surface area contributed by atoms with Crippen molar-refractivity contribution in [1.82, 2.24) is 20.2 Å². The Kier molecular flexibility index (Phi) is 5.60. The van der Waals surface area contributed by atoms with E-state index in [0.29, 0.717) is 23.0 Å². The van der Waals surface area contributed by atoms with Gasteiger partial charge in [-0.15, -0.1) is 10.2 Å². The fourth-order valence-corrected chi connectivity index (χ4v) is 2.51. The fraction of sp³-hybridized carbons (Fsp3) is 0.278. The molecule has 0 aliphatic heterocycles. The van der Waals surface area contributed by atoms with Crippen molar-refractivity contribution in [3.63, 3.8) is 0 Å². The number of nitrogens with zero attached hydrogens (tertiary/aromatic N) is 4. The summed E-state index contributed by atoms with van der Waals surface area (Å²) in [6, 6.07) is 12.0. The lowest BCUT2D eigenvalue weighted by Crippen LogP contribution is -2.06. The Bertz CT molecular complexity index is 815. The number of rotatable bonds is 7. The quantitative estimate of drug-likeness (QED) is 0.587. The summed E-state index contributed by atoms with van der Waals surface area (Å²) in [4.78, 5) is 1.32. The molecule has 0 N–H and O–H groups in total. The Morgan fingerprint density at radius 3 is 2.68 bits per heavy atom. The van der Waals surface area contributed by atoms with E-state index in [9.17, 15) is 4.39 Å². The van der Waals surface area contributed by atoms with Crippen molar-refractivity contribution in [2.24, 2.45) is 0 Å². The highest BCUT2D eigenvalue weighted by Gasteiger charge is 2.11. The Hall–Kier alpha value is -2.47. The molecular weight excluding hydrogens is 343 g/mol. The van der Waals surface area contributed by atoms with Crippen LogP contribution in [0.1, 0.15) is 25.3 Å². The molecule has 0 aliphatic carbocycles. The molecule has 5 nitrogen and oxygen atoms in total. The van der Waals surface area contributed by atoms with Crippen LogP contribution < -0.4 is 4.74 Å². The van der Waals surface area contributed by atoms with E-state index < -0.39 is 0 Å². The Morgan fingerprint density at radius 1 is 1.16 bits per heavy atom. The third-order valence-electron chi connectivity index (χ3n) is 3.69. The van der Waals surface area contributed by atoms with Gasteiger partial charge in [-0.25, -0.2) is 4.39 Å². The smallest absolute Gasteiger partial charge is 0.204 e. The van der Waals surface area contributed by atoms with Crippen molar-refractivity contribution in [3.8, 4) is 17.1 Å². The first kappa shape index (κ1) is 17.4. The molecule has 0 bridgehead atoms. The number of halogens is 2. The average Bonchev–Trinajstić information content (AvgIpc) is 3.08. The minimum atomic E-state index is -0.389. The molecule has 2 aromatic carbocycles. The highest BCUT2D eigenvalue weighted by atomic mass is 35.5. The first-order valence-electron chi connectivity index (χ1n) is 8.11. The molecule has 0 aliphatic rings. The average molecular weight is 361 g/mol. The summed E-state index contributed by atoms with van der Waals surface area (Å²) in [5, 5.41) is 12.6. The molecule has 1 aromatic heterocycles. The lowest BCUT2D eigenvalue weighted by Gasteiger charge is -2.05. The summed E-state index contributed by atoms with van der Waals surface area (Å²) in [7, 11) is 0. The number of benzene rings is 2. The molecule has 0 fully saturated rings. The molecule has 0 unspecified atom stereocenters. The summed E-state index contributed by atoms with van der Waals surface area (Å²) in [6.45, 7) is 2.94. The molecular formula is C18H18ClFN4O. The van der Waals surface area contributed by atoms with Gasteiger partial charge in [0.15, 0.2) is 0 Å². The van der Waals surface area contributed by atoms with Crippen LogP contribution in [0.15, 0.2) is 42.5 Å². The first-order chi connectivity index (χ1) is 12.2. The number of unbranched alkanes of at least 4 members (excludes halogenated alkanes) is 1. The van der Waals surface area contributed by atoms with Crippen LogP contribution in [0.3, 0.4) is 0 Å². The van der Waals surface area contributed by atoms with Crippen LogP contribution in [0.2, 0.25) is 5.02 Å². The summed E-state index contributed by atoms with van der Waals surface area (Å²) >= 11 is 6.03. The molecule has 130 valence electrons. The lowest BCUT2D eigenvalue weighted by molar-refractivity contribution is 0.309. The monoisotopic (exact) mass is 360 g/mol. The van der Waals surface area contributed by atoms with E-state index in [1.165, 1.54) is 10.9 Å². The van der Waals surface area contributed by atoms with Gasteiger partial charge in [0.2, 0.25) is 5.82 Å². The standard InChI is InChI=1S/C18H18ClFN4O/c1-2-3-11-25-14-9-7-13(8-10-14)18-21-23-24(22-18)12-15-16(19)5-4-6-17(15)20/h4-10H,2-3,11-12H2,1H3. The van der Waals surface area contributed by atoms with Crippen molar-refractivity contribution in [1.29, 1.82) is 0 Å². The van der Waals surface area contributed by atoms with E-state index >= 15 is 0 Å². The maximum absolute atomic E-state index is 13.9. The molecule has 7 heteroatoms. The van der Waals surface area contributed by atoms with Crippen LogP contribution in [0.5, 0.6) is 5.75 Å². The van der Waals surface area contributed by atoms with Crippen LogP contribution >= 0.6 is 11.6 Å². The zero-order valence-electron chi connectivity index (χ0n) is 13.8. The SMILES string of the molecule is CCCCOc1ccc(-c2nnn(Cc3c(F)cccc3Cl)n2)cc1. The number of aromatic nitrogens is 4. The predicted octanol–water partition coefficient (Wildman–Crippen LogP) is 4.36. The first-order valence-corrected chi connectivity index (χ1v) is 8.49. The number of tetrazole rings is 1. The second kappa shape index (κ2) is 8.07. The number of ether oxygens (including phenoxy) is 1. The number of hydrogen-bond acceptors (Lipinski definition) is 4. The van der Waals surface area contributed by atoms with Crippen LogP contribution in [0.4, 0.5) is 4.39 Å². The Morgan fingerprint density at radius 2 is 1.96 bits per heavy atom. The maximum atomic E-state index is 13.9. The molecule has 0 saturated heterocycles. The van der Waals surface area contributed by atoms with Gasteiger partial charge in [0, 0.05) is 16.1 Å². The van der Waals surface area contributed by atoms with Crippen LogP contribution in [0.25, 0.3) is 11.4 Å². The minimum Gasteiger partial charge on any atom is -0.494 e. The van der Waals surface area contributed by atoms with Crippen molar-refractivity contribution >= 4 is 11.6 Å². The topological polar surface area (TPSA) is 52.8 Å². The Labute approximate surface area is 150 Å². The van der Waals surface area contributed by atoms with Crippen molar-refractivity contribution < 1.29 is 9.13 Å². The maximum Gasteiger partial charge on any atom is 0.204 e. The lowest BCUT2D eigenvalue weighted by atomic mass is 10.2. The fourth-order valence-electron chi connectivity index (χ4n) is 2.29. The van der Waals surface area contributed by atoms with Gasteiger partial charge in [-0.1, -0.05) is 31.0 Å². The third-order valence-corrected chi connectivity index (χ3v) is 4.05. The zero-order chi connectivity index (χ0) is 17.6. The highest BCUT2D eigenvalue weighted by molar-refractivity contribution is 6.31.